The molecule has 1 heterocycles. The number of rotatable bonds is 10. The van der Waals surface area contributed by atoms with Crippen LogP contribution in [-0.2, 0) is 10.5 Å². The first-order valence-corrected chi connectivity index (χ1v) is 10.4. The van der Waals surface area contributed by atoms with Crippen molar-refractivity contribution in [2.45, 2.75) is 30.5 Å². The van der Waals surface area contributed by atoms with Gasteiger partial charge in [0.05, 0.1) is 24.4 Å². The van der Waals surface area contributed by atoms with Crippen LogP contribution in [0.1, 0.15) is 35.7 Å². The summed E-state index contributed by atoms with van der Waals surface area (Å²) in [6.07, 6.45) is 0.203. The summed E-state index contributed by atoms with van der Waals surface area (Å²) in [5.41, 5.74) is 2.34. The van der Waals surface area contributed by atoms with E-state index >= 15 is 0 Å². The molecule has 160 valence electrons. The minimum atomic E-state index is -1.09. The second-order valence-electron chi connectivity index (χ2n) is 6.93. The van der Waals surface area contributed by atoms with Crippen LogP contribution in [0.2, 0.25) is 0 Å². The van der Waals surface area contributed by atoms with Gasteiger partial charge >= 0.3 is 5.97 Å². The van der Waals surface area contributed by atoms with E-state index in [0.717, 1.165) is 5.56 Å². The second kappa shape index (κ2) is 9.36. The first-order chi connectivity index (χ1) is 14.3. The minimum Gasteiger partial charge on any atom is -0.493 e. The third-order valence-electron chi connectivity index (χ3n) is 4.56. The predicted octanol–water partition coefficient (Wildman–Crippen LogP) is 3.69. The van der Waals surface area contributed by atoms with Gasteiger partial charge in [-0.1, -0.05) is 0 Å². The summed E-state index contributed by atoms with van der Waals surface area (Å²) >= 11 is 1.28. The van der Waals surface area contributed by atoms with Gasteiger partial charge in [0.1, 0.15) is 11.6 Å². The van der Waals surface area contributed by atoms with Gasteiger partial charge in [0.15, 0.2) is 10.8 Å². The van der Waals surface area contributed by atoms with Crippen LogP contribution in [0.15, 0.2) is 36.4 Å². The largest absolute Gasteiger partial charge is 0.493 e. The number of hydrogen-bond donors (Lipinski definition) is 4. The summed E-state index contributed by atoms with van der Waals surface area (Å²) in [5.74, 6) is -0.642. The van der Waals surface area contributed by atoms with Gasteiger partial charge in [0.2, 0.25) is 0 Å². The van der Waals surface area contributed by atoms with E-state index in [1.54, 1.807) is 24.3 Å². The molecule has 2 aromatic rings. The van der Waals surface area contributed by atoms with Gasteiger partial charge in [0, 0.05) is 29.9 Å². The average molecular weight is 434 g/mol. The van der Waals surface area contributed by atoms with E-state index in [1.807, 2.05) is 0 Å². The van der Waals surface area contributed by atoms with Crippen molar-refractivity contribution in [1.29, 1.82) is 0 Å². The number of Topliss-reactive ketones (excluding diaryl/α,β-unsaturated/α-hetero) is 1. The number of halogens is 1. The molecule has 0 spiro atoms. The molecule has 1 aliphatic heterocycles. The average Bonchev–Trinajstić information content (AvgIpc) is 3.03. The van der Waals surface area contributed by atoms with E-state index < -0.39 is 16.8 Å². The monoisotopic (exact) mass is 434 g/mol. The lowest BCUT2D eigenvalue weighted by molar-refractivity contribution is -0.137. The number of hydrogen-bond acceptors (Lipinski definition) is 7. The Balaban J connectivity index is 1.84. The third kappa shape index (κ3) is 5.22. The van der Waals surface area contributed by atoms with Crippen LogP contribution in [0.3, 0.4) is 0 Å². The van der Waals surface area contributed by atoms with Crippen LogP contribution >= 0.6 is 11.8 Å². The number of ketones is 1. The van der Waals surface area contributed by atoms with Crippen LogP contribution in [0.5, 0.6) is 5.75 Å². The Morgan fingerprint density at radius 2 is 1.93 bits per heavy atom. The van der Waals surface area contributed by atoms with Crippen molar-refractivity contribution in [1.82, 2.24) is 0 Å². The van der Waals surface area contributed by atoms with Crippen molar-refractivity contribution >= 4 is 34.9 Å². The molecule has 0 amide bonds. The summed E-state index contributed by atoms with van der Waals surface area (Å²) in [7, 11) is 0. The fraction of sp³-hybridized carbons (Fsp3) is 0.333. The Morgan fingerprint density at radius 3 is 2.63 bits per heavy atom. The number of ether oxygens (including phenoxy) is 1. The quantitative estimate of drug-likeness (QED) is 0.331. The third-order valence-corrected chi connectivity index (χ3v) is 5.85. The predicted molar refractivity (Wildman–Crippen MR) is 114 cm³/mol. The fourth-order valence-electron chi connectivity index (χ4n) is 3.12. The molecule has 9 heteroatoms. The molecule has 0 fully saturated rings. The molecule has 30 heavy (non-hydrogen) atoms. The lowest BCUT2D eigenvalue weighted by Crippen LogP contribution is -2.40. The molecule has 0 aromatic heterocycles. The number of anilines is 2. The summed E-state index contributed by atoms with van der Waals surface area (Å²) in [6, 6.07) is 9.27. The maximum absolute atomic E-state index is 13.6. The van der Waals surface area contributed by atoms with E-state index in [4.69, 9.17) is 9.84 Å². The maximum Gasteiger partial charge on any atom is 0.308 e. The van der Waals surface area contributed by atoms with Crippen LogP contribution < -0.4 is 15.4 Å². The SMILES string of the molecule is CC(=O)c1ccc(OCCCO)c(CSC2(CC(=O)O)Nc3ccc(F)cc3N2)c1. The molecule has 1 aliphatic rings. The minimum absolute atomic E-state index is 0.00000620. The Labute approximate surface area is 177 Å². The van der Waals surface area contributed by atoms with E-state index in [1.165, 1.54) is 30.8 Å². The molecule has 2 aromatic carbocycles. The molecule has 7 nitrogen and oxygen atoms in total. The van der Waals surface area contributed by atoms with Gasteiger partial charge in [-0.05, 0) is 43.3 Å². The van der Waals surface area contributed by atoms with Gasteiger partial charge in [-0.2, -0.15) is 0 Å². The summed E-state index contributed by atoms with van der Waals surface area (Å²) in [6.45, 7) is 1.78. The summed E-state index contributed by atoms with van der Waals surface area (Å²) < 4.78 is 19.3. The number of carbonyl (C=O) groups is 2. The molecule has 1 unspecified atom stereocenters. The van der Waals surface area contributed by atoms with E-state index in [-0.39, 0.29) is 18.8 Å². The van der Waals surface area contributed by atoms with Crippen molar-refractivity contribution in [3.8, 4) is 5.75 Å². The second-order valence-corrected chi connectivity index (χ2v) is 8.20. The van der Waals surface area contributed by atoms with Crippen molar-refractivity contribution in [3.63, 3.8) is 0 Å². The number of carboxylic acid groups (broad SMARTS) is 1. The van der Waals surface area contributed by atoms with Crippen LogP contribution in [-0.4, -0.2) is 40.2 Å². The fourth-order valence-corrected chi connectivity index (χ4v) is 4.34. The van der Waals surface area contributed by atoms with Gasteiger partial charge < -0.3 is 25.6 Å². The Kier molecular flexibility index (Phi) is 6.84. The number of benzene rings is 2. The highest BCUT2D eigenvalue weighted by atomic mass is 32.2. The number of aliphatic hydroxyl groups excluding tert-OH is 1. The Bertz CT molecular complexity index is 955. The molecule has 0 radical (unpaired) electrons. The Morgan fingerprint density at radius 1 is 1.17 bits per heavy atom. The Hall–Kier alpha value is -2.78. The smallest absolute Gasteiger partial charge is 0.308 e. The van der Waals surface area contributed by atoms with Gasteiger partial charge in [0.25, 0.3) is 0 Å². The molecule has 1 atom stereocenters. The zero-order valence-corrected chi connectivity index (χ0v) is 17.2. The first-order valence-electron chi connectivity index (χ1n) is 9.41. The van der Waals surface area contributed by atoms with Gasteiger partial charge in [-0.25, -0.2) is 4.39 Å². The highest BCUT2D eigenvalue weighted by molar-refractivity contribution is 8.00. The van der Waals surface area contributed by atoms with Crippen molar-refractivity contribution < 1.29 is 28.9 Å². The van der Waals surface area contributed by atoms with Gasteiger partial charge in [-0.15, -0.1) is 11.8 Å². The number of fused-ring (bicyclic) bond motifs is 1. The van der Waals surface area contributed by atoms with Crippen LogP contribution in [0.4, 0.5) is 15.8 Å². The standard InChI is InChI=1S/C21H23FN2O5S/c1-13(26)14-3-6-19(29-8-2-7-25)15(9-14)12-30-21(11-20(27)28)23-17-5-4-16(22)10-18(17)24-21/h3-6,9-10,23-25H,2,7-8,11-12H2,1H3,(H,27,28). The lowest BCUT2D eigenvalue weighted by atomic mass is 10.1. The number of thioether (sulfide) groups is 1. The normalized spacial score (nSPS) is 17.0. The number of carbonyl (C=O) groups excluding carboxylic acids is 1. The molecule has 0 saturated carbocycles. The molecule has 0 saturated heterocycles. The zero-order chi connectivity index (χ0) is 21.7. The molecule has 0 aliphatic carbocycles. The van der Waals surface area contributed by atoms with Gasteiger partial charge in [-0.3, -0.25) is 9.59 Å². The number of nitrogens with one attached hydrogen (secondary N) is 2. The van der Waals surface area contributed by atoms with Crippen molar-refractivity contribution in [2.24, 2.45) is 0 Å². The molecular weight excluding hydrogens is 411 g/mol. The molecular formula is C21H23FN2O5S. The highest BCUT2D eigenvalue weighted by Crippen LogP contribution is 2.44. The highest BCUT2D eigenvalue weighted by Gasteiger charge is 2.39. The first kappa shape index (κ1) is 21.9. The number of aliphatic hydroxyl groups is 1. The lowest BCUT2D eigenvalue weighted by Gasteiger charge is -2.29. The van der Waals surface area contributed by atoms with E-state index in [9.17, 15) is 19.1 Å². The zero-order valence-electron chi connectivity index (χ0n) is 16.4. The van der Waals surface area contributed by atoms with E-state index in [0.29, 0.717) is 41.5 Å². The topological polar surface area (TPSA) is 108 Å². The van der Waals surface area contributed by atoms with E-state index in [2.05, 4.69) is 10.6 Å². The van der Waals surface area contributed by atoms with Crippen LogP contribution in [0, 0.1) is 5.82 Å². The van der Waals surface area contributed by atoms with Crippen molar-refractivity contribution in [3.05, 3.63) is 53.3 Å². The van der Waals surface area contributed by atoms with Crippen LogP contribution in [0.25, 0.3) is 0 Å². The summed E-state index contributed by atoms with van der Waals surface area (Å²) in [4.78, 5) is 22.2. The molecule has 3 rings (SSSR count). The summed E-state index contributed by atoms with van der Waals surface area (Å²) in [5, 5.41) is 24.6. The maximum atomic E-state index is 13.6. The molecule has 4 N–H and O–H groups in total. The van der Waals surface area contributed by atoms with Crippen molar-refractivity contribution in [2.75, 3.05) is 23.8 Å². The number of aliphatic carboxylic acids is 1. The molecule has 0 bridgehead atoms. The number of carboxylic acids is 1.